The summed E-state index contributed by atoms with van der Waals surface area (Å²) in [6.45, 7) is 2.09. The predicted molar refractivity (Wildman–Crippen MR) is 87.4 cm³/mol. The highest BCUT2D eigenvalue weighted by atomic mass is 16.2. The Labute approximate surface area is 133 Å². The Bertz CT molecular complexity index is 530. The van der Waals surface area contributed by atoms with E-state index >= 15 is 0 Å². The maximum absolute atomic E-state index is 13.1. The Morgan fingerprint density at radius 1 is 1.00 bits per heavy atom. The standard InChI is InChI=1S/C19H26N2O/c22-18-19(11-5-2-6-12-19)17(15-7-3-1-4-8-15)21(18)16-9-13-20-14-10-16/h1,3-4,7-8,16-17,20H,2,5-6,9-14H2. The van der Waals surface area contributed by atoms with E-state index in [2.05, 4.69) is 40.5 Å². The summed E-state index contributed by atoms with van der Waals surface area (Å²) in [6, 6.07) is 11.5. The summed E-state index contributed by atoms with van der Waals surface area (Å²) in [7, 11) is 0. The van der Waals surface area contributed by atoms with Crippen molar-refractivity contribution in [1.29, 1.82) is 0 Å². The van der Waals surface area contributed by atoms with Gasteiger partial charge >= 0.3 is 0 Å². The number of piperidine rings is 1. The van der Waals surface area contributed by atoms with E-state index in [9.17, 15) is 4.79 Å². The predicted octanol–water partition coefficient (Wildman–Crippen LogP) is 3.27. The first kappa shape index (κ1) is 14.3. The fourth-order valence-corrected chi connectivity index (χ4v) is 4.94. The van der Waals surface area contributed by atoms with Gasteiger partial charge in [0.2, 0.25) is 5.91 Å². The van der Waals surface area contributed by atoms with Gasteiger partial charge in [-0.3, -0.25) is 4.79 Å². The van der Waals surface area contributed by atoms with Gasteiger partial charge in [0, 0.05) is 6.04 Å². The first-order valence-corrected chi connectivity index (χ1v) is 8.91. The average molecular weight is 298 g/mol. The SMILES string of the molecule is O=C1N(C2CCNCC2)C(c2ccccc2)C12CCCCC2. The molecule has 1 saturated carbocycles. The molecule has 0 radical (unpaired) electrons. The number of likely N-dealkylation sites (tertiary alicyclic amines) is 1. The minimum atomic E-state index is -0.0789. The van der Waals surface area contributed by atoms with Gasteiger partial charge in [-0.25, -0.2) is 0 Å². The zero-order valence-electron chi connectivity index (χ0n) is 13.3. The molecule has 2 heterocycles. The molecule has 0 aromatic heterocycles. The first-order valence-electron chi connectivity index (χ1n) is 8.91. The molecule has 1 spiro atoms. The van der Waals surface area contributed by atoms with Crippen molar-refractivity contribution in [2.45, 2.75) is 57.0 Å². The molecule has 3 fully saturated rings. The van der Waals surface area contributed by atoms with E-state index in [4.69, 9.17) is 0 Å². The molecule has 1 aromatic rings. The number of hydrogen-bond donors (Lipinski definition) is 1. The summed E-state index contributed by atoms with van der Waals surface area (Å²) in [5.74, 6) is 0.452. The van der Waals surface area contributed by atoms with Crippen LogP contribution in [0.4, 0.5) is 0 Å². The molecule has 1 atom stereocenters. The summed E-state index contributed by atoms with van der Waals surface area (Å²) >= 11 is 0. The van der Waals surface area contributed by atoms with Crippen molar-refractivity contribution in [3.8, 4) is 0 Å². The number of carbonyl (C=O) groups excluding carboxylic acids is 1. The molecule has 1 amide bonds. The van der Waals surface area contributed by atoms with Gasteiger partial charge in [0.25, 0.3) is 0 Å². The molecular formula is C19H26N2O. The minimum absolute atomic E-state index is 0.0789. The number of hydrogen-bond acceptors (Lipinski definition) is 2. The maximum Gasteiger partial charge on any atom is 0.232 e. The largest absolute Gasteiger partial charge is 0.331 e. The van der Waals surface area contributed by atoms with Crippen LogP contribution in [-0.4, -0.2) is 29.9 Å². The number of amides is 1. The van der Waals surface area contributed by atoms with E-state index in [1.54, 1.807) is 0 Å². The van der Waals surface area contributed by atoms with E-state index in [1.807, 2.05) is 0 Å². The molecule has 2 saturated heterocycles. The second kappa shape index (κ2) is 5.69. The maximum atomic E-state index is 13.1. The molecule has 3 heteroatoms. The summed E-state index contributed by atoms with van der Waals surface area (Å²) in [5.41, 5.74) is 1.27. The van der Waals surface area contributed by atoms with Crippen LogP contribution < -0.4 is 5.32 Å². The summed E-state index contributed by atoms with van der Waals surface area (Å²) in [6.07, 6.45) is 8.12. The van der Waals surface area contributed by atoms with Crippen LogP contribution in [0.25, 0.3) is 0 Å². The minimum Gasteiger partial charge on any atom is -0.331 e. The van der Waals surface area contributed by atoms with Gasteiger partial charge in [0.05, 0.1) is 11.5 Å². The lowest BCUT2D eigenvalue weighted by molar-refractivity contribution is -0.185. The zero-order chi connectivity index (χ0) is 15.0. The van der Waals surface area contributed by atoms with Crippen molar-refractivity contribution >= 4 is 5.91 Å². The van der Waals surface area contributed by atoms with Crippen molar-refractivity contribution in [2.75, 3.05) is 13.1 Å². The molecule has 22 heavy (non-hydrogen) atoms. The Balaban J connectivity index is 1.67. The molecule has 0 bridgehead atoms. The second-order valence-corrected chi connectivity index (χ2v) is 7.22. The highest BCUT2D eigenvalue weighted by Gasteiger charge is 2.61. The van der Waals surface area contributed by atoms with Gasteiger partial charge < -0.3 is 10.2 Å². The van der Waals surface area contributed by atoms with Crippen molar-refractivity contribution in [1.82, 2.24) is 10.2 Å². The van der Waals surface area contributed by atoms with Gasteiger partial charge in [0.1, 0.15) is 0 Å². The van der Waals surface area contributed by atoms with E-state index in [1.165, 1.54) is 24.8 Å². The van der Waals surface area contributed by atoms with Crippen LogP contribution in [0.5, 0.6) is 0 Å². The van der Waals surface area contributed by atoms with Crippen LogP contribution in [0, 0.1) is 5.41 Å². The van der Waals surface area contributed by atoms with Crippen LogP contribution in [0.2, 0.25) is 0 Å². The van der Waals surface area contributed by atoms with E-state index < -0.39 is 0 Å². The Morgan fingerprint density at radius 2 is 1.68 bits per heavy atom. The van der Waals surface area contributed by atoms with Gasteiger partial charge in [-0.1, -0.05) is 49.6 Å². The second-order valence-electron chi connectivity index (χ2n) is 7.22. The smallest absolute Gasteiger partial charge is 0.232 e. The summed E-state index contributed by atoms with van der Waals surface area (Å²) < 4.78 is 0. The third kappa shape index (κ3) is 2.10. The van der Waals surface area contributed by atoms with Crippen molar-refractivity contribution in [2.24, 2.45) is 5.41 Å². The quantitative estimate of drug-likeness (QED) is 0.850. The van der Waals surface area contributed by atoms with Crippen LogP contribution >= 0.6 is 0 Å². The van der Waals surface area contributed by atoms with Crippen molar-refractivity contribution < 1.29 is 4.79 Å². The lowest BCUT2D eigenvalue weighted by atomic mass is 9.59. The van der Waals surface area contributed by atoms with Crippen LogP contribution in [-0.2, 0) is 4.79 Å². The van der Waals surface area contributed by atoms with Gasteiger partial charge in [-0.05, 0) is 44.3 Å². The van der Waals surface area contributed by atoms with Gasteiger partial charge in [-0.15, -0.1) is 0 Å². The fraction of sp³-hybridized carbons (Fsp3) is 0.632. The first-order chi connectivity index (χ1) is 10.8. The topological polar surface area (TPSA) is 32.3 Å². The molecule has 4 rings (SSSR count). The molecule has 1 N–H and O–H groups in total. The van der Waals surface area contributed by atoms with Crippen LogP contribution in [0.3, 0.4) is 0 Å². The van der Waals surface area contributed by atoms with E-state index in [0.29, 0.717) is 18.0 Å². The van der Waals surface area contributed by atoms with E-state index in [0.717, 1.165) is 38.8 Å². The highest BCUT2D eigenvalue weighted by molar-refractivity contribution is 5.91. The molecular weight excluding hydrogens is 272 g/mol. The number of nitrogens with zero attached hydrogens (tertiary/aromatic N) is 1. The number of benzene rings is 1. The fourth-order valence-electron chi connectivity index (χ4n) is 4.94. The molecule has 1 aromatic carbocycles. The van der Waals surface area contributed by atoms with Crippen molar-refractivity contribution in [3.63, 3.8) is 0 Å². The van der Waals surface area contributed by atoms with E-state index in [-0.39, 0.29) is 5.41 Å². The zero-order valence-corrected chi connectivity index (χ0v) is 13.3. The van der Waals surface area contributed by atoms with Crippen LogP contribution in [0.1, 0.15) is 56.6 Å². The molecule has 3 nitrogen and oxygen atoms in total. The molecule has 1 unspecified atom stereocenters. The van der Waals surface area contributed by atoms with Gasteiger partial charge in [0.15, 0.2) is 0 Å². The number of nitrogens with one attached hydrogen (secondary N) is 1. The third-order valence-electron chi connectivity index (χ3n) is 6.03. The monoisotopic (exact) mass is 298 g/mol. The molecule has 1 aliphatic carbocycles. The Morgan fingerprint density at radius 3 is 2.36 bits per heavy atom. The van der Waals surface area contributed by atoms with Gasteiger partial charge in [-0.2, -0.15) is 0 Å². The normalized spacial score (nSPS) is 28.6. The van der Waals surface area contributed by atoms with Crippen LogP contribution in [0.15, 0.2) is 30.3 Å². The number of β-lactam (4-membered cyclic amide) rings is 1. The summed E-state index contributed by atoms with van der Waals surface area (Å²) in [4.78, 5) is 15.4. The molecule has 2 aliphatic heterocycles. The molecule has 118 valence electrons. The molecule has 3 aliphatic rings. The third-order valence-corrected chi connectivity index (χ3v) is 6.03. The highest BCUT2D eigenvalue weighted by Crippen LogP contribution is 2.59. The number of rotatable bonds is 2. The Kier molecular flexibility index (Phi) is 3.69. The number of carbonyl (C=O) groups is 1. The lowest BCUT2D eigenvalue weighted by Gasteiger charge is -2.61. The lowest BCUT2D eigenvalue weighted by Crippen LogP contribution is -2.67. The average Bonchev–Trinajstić information content (AvgIpc) is 2.61. The Hall–Kier alpha value is -1.35. The van der Waals surface area contributed by atoms with Crippen molar-refractivity contribution in [3.05, 3.63) is 35.9 Å². The summed E-state index contributed by atoms with van der Waals surface area (Å²) in [5, 5.41) is 3.42.